The molecule has 0 saturated carbocycles. The third-order valence-corrected chi connectivity index (χ3v) is 3.46. The van der Waals surface area contributed by atoms with Crippen molar-refractivity contribution in [2.45, 2.75) is 32.4 Å². The van der Waals surface area contributed by atoms with E-state index in [1.165, 1.54) is 23.1 Å². The van der Waals surface area contributed by atoms with E-state index >= 15 is 0 Å². The molecule has 1 aliphatic heterocycles. The maximum absolute atomic E-state index is 13.7. The van der Waals surface area contributed by atoms with Crippen LogP contribution in [0.2, 0.25) is 5.02 Å². The molecule has 1 aromatic carbocycles. The Bertz CT molecular complexity index is 536. The Hall–Kier alpha value is -1.62. The summed E-state index contributed by atoms with van der Waals surface area (Å²) in [4.78, 5) is 25.2. The lowest BCUT2D eigenvalue weighted by atomic mass is 10.1. The first kappa shape index (κ1) is 14.8. The van der Waals surface area contributed by atoms with E-state index in [0.717, 1.165) is 6.42 Å². The summed E-state index contributed by atoms with van der Waals surface area (Å²) in [5, 5.41) is 3.06. The van der Waals surface area contributed by atoms with Crippen LogP contribution in [0.1, 0.15) is 25.3 Å². The number of benzene rings is 1. The molecule has 1 atom stereocenters. The molecule has 0 aromatic heterocycles. The minimum atomic E-state index is -0.511. The van der Waals surface area contributed by atoms with Crippen LogP contribution < -0.4 is 5.32 Å². The summed E-state index contributed by atoms with van der Waals surface area (Å²) in [6, 6.07) is 3.68. The van der Waals surface area contributed by atoms with Gasteiger partial charge in [-0.2, -0.15) is 0 Å². The molecule has 1 aromatic rings. The number of hydrogen-bond donors (Lipinski definition) is 1. The molecular formula is C14H16ClFN2O2. The first-order valence-corrected chi connectivity index (χ1v) is 6.91. The average Bonchev–Trinajstić information content (AvgIpc) is 2.39. The topological polar surface area (TPSA) is 49.4 Å². The zero-order chi connectivity index (χ0) is 14.7. The second-order valence-electron chi connectivity index (χ2n) is 4.84. The van der Waals surface area contributed by atoms with Crippen LogP contribution in [0.15, 0.2) is 18.2 Å². The number of nitrogens with zero attached hydrogens (tertiary/aromatic N) is 1. The van der Waals surface area contributed by atoms with Gasteiger partial charge in [0.05, 0.1) is 6.54 Å². The van der Waals surface area contributed by atoms with Crippen LogP contribution in [0.5, 0.6) is 0 Å². The Morgan fingerprint density at radius 3 is 2.90 bits per heavy atom. The van der Waals surface area contributed by atoms with Gasteiger partial charge in [-0.05, 0) is 24.6 Å². The van der Waals surface area contributed by atoms with Crippen molar-refractivity contribution in [1.29, 1.82) is 0 Å². The first-order chi connectivity index (χ1) is 9.51. The van der Waals surface area contributed by atoms with E-state index in [2.05, 4.69) is 5.32 Å². The lowest BCUT2D eigenvalue weighted by Crippen LogP contribution is -2.57. The summed E-state index contributed by atoms with van der Waals surface area (Å²) in [6.07, 6.45) is 1.37. The van der Waals surface area contributed by atoms with Crippen LogP contribution in [0.3, 0.4) is 0 Å². The molecular weight excluding hydrogens is 283 g/mol. The first-order valence-electron chi connectivity index (χ1n) is 6.53. The number of rotatable bonds is 4. The highest BCUT2D eigenvalue weighted by Crippen LogP contribution is 2.18. The second-order valence-corrected chi connectivity index (χ2v) is 5.28. The molecule has 0 spiro atoms. The lowest BCUT2D eigenvalue weighted by Gasteiger charge is -2.32. The van der Waals surface area contributed by atoms with Crippen LogP contribution in [0.25, 0.3) is 0 Å². The minimum Gasteiger partial charge on any atom is -0.343 e. The van der Waals surface area contributed by atoms with Crippen molar-refractivity contribution < 1.29 is 14.0 Å². The van der Waals surface area contributed by atoms with Crippen molar-refractivity contribution in [2.75, 3.05) is 6.54 Å². The van der Waals surface area contributed by atoms with E-state index in [4.69, 9.17) is 11.6 Å². The average molecular weight is 299 g/mol. The second kappa shape index (κ2) is 6.22. The fraction of sp³-hybridized carbons (Fsp3) is 0.429. The SMILES string of the molecule is CCCC1NC(=O)CN(Cc2cc(Cl)ccc2F)C1=O. The molecule has 1 fully saturated rings. The highest BCUT2D eigenvalue weighted by Gasteiger charge is 2.32. The summed E-state index contributed by atoms with van der Waals surface area (Å²) in [5.74, 6) is -0.823. The van der Waals surface area contributed by atoms with Crippen LogP contribution in [0.4, 0.5) is 4.39 Å². The predicted molar refractivity (Wildman–Crippen MR) is 73.7 cm³/mol. The third kappa shape index (κ3) is 3.28. The van der Waals surface area contributed by atoms with Crippen molar-refractivity contribution in [3.63, 3.8) is 0 Å². The molecule has 1 saturated heterocycles. The van der Waals surface area contributed by atoms with Gasteiger partial charge in [0, 0.05) is 17.1 Å². The molecule has 1 unspecified atom stereocenters. The zero-order valence-electron chi connectivity index (χ0n) is 11.2. The van der Waals surface area contributed by atoms with Crippen molar-refractivity contribution in [3.8, 4) is 0 Å². The summed E-state index contributed by atoms with van der Waals surface area (Å²) in [5.41, 5.74) is 0.316. The molecule has 6 heteroatoms. The summed E-state index contributed by atoms with van der Waals surface area (Å²) >= 11 is 5.83. The maximum atomic E-state index is 13.7. The summed E-state index contributed by atoms with van der Waals surface area (Å²) < 4.78 is 13.7. The van der Waals surface area contributed by atoms with E-state index in [-0.39, 0.29) is 24.9 Å². The highest BCUT2D eigenvalue weighted by atomic mass is 35.5. The van der Waals surface area contributed by atoms with E-state index < -0.39 is 11.9 Å². The molecule has 2 amide bonds. The fourth-order valence-electron chi connectivity index (χ4n) is 2.26. The van der Waals surface area contributed by atoms with Gasteiger partial charge in [0.1, 0.15) is 11.9 Å². The Morgan fingerprint density at radius 2 is 2.20 bits per heavy atom. The number of amides is 2. The number of hydrogen-bond acceptors (Lipinski definition) is 2. The van der Waals surface area contributed by atoms with Gasteiger partial charge >= 0.3 is 0 Å². The Kier molecular flexibility index (Phi) is 4.60. The van der Waals surface area contributed by atoms with Gasteiger partial charge in [-0.25, -0.2) is 4.39 Å². The quantitative estimate of drug-likeness (QED) is 0.925. The van der Waals surface area contributed by atoms with Crippen LogP contribution in [0, 0.1) is 5.82 Å². The lowest BCUT2D eigenvalue weighted by molar-refractivity contribution is -0.145. The van der Waals surface area contributed by atoms with Gasteiger partial charge in [-0.15, -0.1) is 0 Å². The zero-order valence-corrected chi connectivity index (χ0v) is 11.9. The Morgan fingerprint density at radius 1 is 1.45 bits per heavy atom. The molecule has 4 nitrogen and oxygen atoms in total. The highest BCUT2D eigenvalue weighted by molar-refractivity contribution is 6.30. The monoisotopic (exact) mass is 298 g/mol. The maximum Gasteiger partial charge on any atom is 0.245 e. The molecule has 1 aliphatic rings. The molecule has 0 aliphatic carbocycles. The Balaban J connectivity index is 2.16. The van der Waals surface area contributed by atoms with Gasteiger partial charge in [-0.3, -0.25) is 9.59 Å². The van der Waals surface area contributed by atoms with E-state index in [1.807, 2.05) is 6.92 Å². The van der Waals surface area contributed by atoms with E-state index in [9.17, 15) is 14.0 Å². The molecule has 20 heavy (non-hydrogen) atoms. The number of piperazine rings is 1. The number of nitrogens with one attached hydrogen (secondary N) is 1. The summed E-state index contributed by atoms with van der Waals surface area (Å²) in [7, 11) is 0. The molecule has 108 valence electrons. The van der Waals surface area contributed by atoms with Gasteiger partial charge in [0.25, 0.3) is 0 Å². The van der Waals surface area contributed by atoms with Gasteiger partial charge in [-0.1, -0.05) is 24.9 Å². The predicted octanol–water partition coefficient (Wildman–Crippen LogP) is 2.11. The van der Waals surface area contributed by atoms with Crippen LogP contribution in [-0.4, -0.2) is 29.3 Å². The summed E-state index contributed by atoms with van der Waals surface area (Å²) in [6.45, 7) is 1.94. The fourth-order valence-corrected chi connectivity index (χ4v) is 2.46. The molecule has 2 rings (SSSR count). The standard InChI is InChI=1S/C14H16ClFN2O2/c1-2-3-12-14(20)18(8-13(19)17-12)7-9-6-10(15)4-5-11(9)16/h4-6,12H,2-3,7-8H2,1H3,(H,17,19). The molecule has 1 heterocycles. The smallest absolute Gasteiger partial charge is 0.245 e. The van der Waals surface area contributed by atoms with Crippen molar-refractivity contribution >= 4 is 23.4 Å². The van der Waals surface area contributed by atoms with Gasteiger partial charge in [0.15, 0.2) is 0 Å². The molecule has 0 bridgehead atoms. The van der Waals surface area contributed by atoms with Gasteiger partial charge < -0.3 is 10.2 Å². The van der Waals surface area contributed by atoms with Crippen molar-refractivity contribution in [1.82, 2.24) is 10.2 Å². The van der Waals surface area contributed by atoms with Crippen molar-refractivity contribution in [3.05, 3.63) is 34.6 Å². The third-order valence-electron chi connectivity index (χ3n) is 3.23. The molecule has 1 N–H and O–H groups in total. The van der Waals surface area contributed by atoms with Gasteiger partial charge in [0.2, 0.25) is 11.8 Å². The number of halogens is 2. The minimum absolute atomic E-state index is 0.0506. The largest absolute Gasteiger partial charge is 0.343 e. The van der Waals surface area contributed by atoms with Crippen molar-refractivity contribution in [2.24, 2.45) is 0 Å². The van der Waals surface area contributed by atoms with E-state index in [0.29, 0.717) is 17.0 Å². The van der Waals surface area contributed by atoms with E-state index in [1.54, 1.807) is 0 Å². The van der Waals surface area contributed by atoms with Crippen LogP contribution >= 0.6 is 11.6 Å². The Labute approximate surface area is 121 Å². The normalized spacial score (nSPS) is 19.1. The molecule has 0 radical (unpaired) electrons. The van der Waals surface area contributed by atoms with Crippen LogP contribution in [-0.2, 0) is 16.1 Å². The number of carbonyl (C=O) groups excluding carboxylic acids is 2. The number of carbonyl (C=O) groups is 2.